The van der Waals surface area contributed by atoms with Gasteiger partial charge in [-0.15, -0.1) is 0 Å². The van der Waals surface area contributed by atoms with E-state index in [1.165, 1.54) is 6.42 Å². The van der Waals surface area contributed by atoms with Crippen molar-refractivity contribution >= 4 is 11.6 Å². The molecule has 1 aromatic carbocycles. The smallest absolute Gasteiger partial charge is 0.226 e. The molecule has 0 aromatic heterocycles. The average Bonchev–Trinajstić information content (AvgIpc) is 2.46. The third-order valence-corrected chi connectivity index (χ3v) is 4.00. The zero-order valence-electron chi connectivity index (χ0n) is 12.8. The van der Waals surface area contributed by atoms with Gasteiger partial charge in [-0.1, -0.05) is 19.3 Å². The summed E-state index contributed by atoms with van der Waals surface area (Å²) in [6.45, 7) is 0. The fraction of sp³-hybridized carbons (Fsp3) is 0.562. The molecule has 1 aliphatic rings. The first-order valence-electron chi connectivity index (χ1n) is 7.36. The Bertz CT molecular complexity index is 474. The van der Waals surface area contributed by atoms with Crippen LogP contribution in [-0.4, -0.2) is 25.7 Å². The third-order valence-electron chi connectivity index (χ3n) is 4.00. The lowest BCUT2D eigenvalue weighted by atomic mass is 9.80. The van der Waals surface area contributed by atoms with E-state index in [2.05, 4.69) is 5.32 Å². The molecule has 0 aliphatic heterocycles. The molecule has 0 unspecified atom stereocenters. The number of carbonyl (C=O) groups excluding carboxylic acids is 1. The standard InChI is InChI=1S/C16H24N2O3/c1-20-13-8-12(9-14(10-13)21-2)18-15(19)11-16(17)6-4-3-5-7-16/h8-10H,3-7,11,17H2,1-2H3,(H,18,19). The van der Waals surface area contributed by atoms with Crippen LogP contribution in [0.2, 0.25) is 0 Å². The minimum Gasteiger partial charge on any atom is -0.497 e. The van der Waals surface area contributed by atoms with E-state index >= 15 is 0 Å². The van der Waals surface area contributed by atoms with Crippen LogP contribution < -0.4 is 20.5 Å². The summed E-state index contributed by atoms with van der Waals surface area (Å²) in [6.07, 6.45) is 5.62. The molecule has 5 nitrogen and oxygen atoms in total. The summed E-state index contributed by atoms with van der Waals surface area (Å²) in [5, 5.41) is 2.88. The van der Waals surface area contributed by atoms with Gasteiger partial charge in [0.2, 0.25) is 5.91 Å². The summed E-state index contributed by atoms with van der Waals surface area (Å²) < 4.78 is 10.4. The van der Waals surface area contributed by atoms with Crippen LogP contribution in [0.25, 0.3) is 0 Å². The normalized spacial score (nSPS) is 17.1. The first-order chi connectivity index (χ1) is 10.0. The second-order valence-corrected chi connectivity index (χ2v) is 5.75. The van der Waals surface area contributed by atoms with E-state index in [9.17, 15) is 4.79 Å². The number of methoxy groups -OCH3 is 2. The Morgan fingerprint density at radius 3 is 2.24 bits per heavy atom. The Kier molecular flexibility index (Phi) is 5.07. The van der Waals surface area contributed by atoms with Crippen molar-refractivity contribution in [3.63, 3.8) is 0 Å². The SMILES string of the molecule is COc1cc(NC(=O)CC2(N)CCCCC2)cc(OC)c1. The van der Waals surface area contributed by atoms with E-state index in [1.807, 2.05) is 0 Å². The number of rotatable bonds is 5. The zero-order valence-corrected chi connectivity index (χ0v) is 12.8. The number of hydrogen-bond acceptors (Lipinski definition) is 4. The highest BCUT2D eigenvalue weighted by Crippen LogP contribution is 2.30. The molecule has 3 N–H and O–H groups in total. The van der Waals surface area contributed by atoms with Gasteiger partial charge in [-0.25, -0.2) is 0 Å². The molecule has 0 bridgehead atoms. The highest BCUT2D eigenvalue weighted by Gasteiger charge is 2.30. The predicted octanol–water partition coefficient (Wildman–Crippen LogP) is 2.69. The monoisotopic (exact) mass is 292 g/mol. The molecule has 1 amide bonds. The maximum absolute atomic E-state index is 12.2. The minimum absolute atomic E-state index is 0.0605. The molecule has 1 saturated carbocycles. The lowest BCUT2D eigenvalue weighted by Crippen LogP contribution is -2.44. The maximum atomic E-state index is 12.2. The fourth-order valence-electron chi connectivity index (χ4n) is 2.84. The van der Waals surface area contributed by atoms with Crippen molar-refractivity contribution in [3.8, 4) is 11.5 Å². The molecule has 1 aliphatic carbocycles. The van der Waals surface area contributed by atoms with Gasteiger partial charge in [0.25, 0.3) is 0 Å². The molecule has 5 heteroatoms. The minimum atomic E-state index is -0.356. The Balaban J connectivity index is 2.01. The lowest BCUT2D eigenvalue weighted by Gasteiger charge is -2.32. The molecule has 116 valence electrons. The molecule has 1 fully saturated rings. The molecule has 0 spiro atoms. The summed E-state index contributed by atoms with van der Waals surface area (Å²) in [7, 11) is 3.16. The number of nitrogens with two attached hydrogens (primary N) is 1. The molecular formula is C16H24N2O3. The van der Waals surface area contributed by atoms with E-state index in [-0.39, 0.29) is 11.4 Å². The molecule has 0 atom stereocenters. The molecular weight excluding hydrogens is 268 g/mol. The van der Waals surface area contributed by atoms with E-state index in [0.29, 0.717) is 23.6 Å². The van der Waals surface area contributed by atoms with Crippen LogP contribution in [0.4, 0.5) is 5.69 Å². The lowest BCUT2D eigenvalue weighted by molar-refractivity contribution is -0.117. The highest BCUT2D eigenvalue weighted by molar-refractivity contribution is 5.92. The summed E-state index contributed by atoms with van der Waals surface area (Å²) in [4.78, 5) is 12.2. The number of hydrogen-bond donors (Lipinski definition) is 2. The van der Waals surface area contributed by atoms with Gasteiger partial charge < -0.3 is 20.5 Å². The second kappa shape index (κ2) is 6.80. The maximum Gasteiger partial charge on any atom is 0.226 e. The topological polar surface area (TPSA) is 73.6 Å². The Morgan fingerprint density at radius 1 is 1.14 bits per heavy atom. The highest BCUT2D eigenvalue weighted by atomic mass is 16.5. The van der Waals surface area contributed by atoms with Crippen molar-refractivity contribution in [1.82, 2.24) is 0 Å². The zero-order chi connectivity index (χ0) is 15.3. The quantitative estimate of drug-likeness (QED) is 0.875. The second-order valence-electron chi connectivity index (χ2n) is 5.75. The van der Waals surface area contributed by atoms with Crippen LogP contribution in [-0.2, 0) is 4.79 Å². The molecule has 0 saturated heterocycles. The van der Waals surface area contributed by atoms with Crippen molar-refractivity contribution in [3.05, 3.63) is 18.2 Å². The number of nitrogens with one attached hydrogen (secondary N) is 1. The van der Waals surface area contributed by atoms with Crippen molar-refractivity contribution < 1.29 is 14.3 Å². The Morgan fingerprint density at radius 2 is 1.71 bits per heavy atom. The first-order valence-corrected chi connectivity index (χ1v) is 7.36. The molecule has 2 rings (SSSR count). The molecule has 0 heterocycles. The van der Waals surface area contributed by atoms with E-state index in [0.717, 1.165) is 25.7 Å². The number of anilines is 1. The van der Waals surface area contributed by atoms with E-state index < -0.39 is 0 Å². The van der Waals surface area contributed by atoms with E-state index in [4.69, 9.17) is 15.2 Å². The summed E-state index contributed by atoms with van der Waals surface area (Å²) >= 11 is 0. The van der Waals surface area contributed by atoms with Gasteiger partial charge in [-0.05, 0) is 12.8 Å². The third kappa shape index (κ3) is 4.36. The largest absolute Gasteiger partial charge is 0.497 e. The number of amides is 1. The average molecular weight is 292 g/mol. The van der Waals surface area contributed by atoms with Crippen molar-refractivity contribution in [2.75, 3.05) is 19.5 Å². The number of carbonyl (C=O) groups is 1. The van der Waals surface area contributed by atoms with Crippen LogP contribution in [0.15, 0.2) is 18.2 Å². The van der Waals surface area contributed by atoms with Gasteiger partial charge in [-0.3, -0.25) is 4.79 Å². The van der Waals surface area contributed by atoms with Crippen LogP contribution in [0.5, 0.6) is 11.5 Å². The number of benzene rings is 1. The summed E-state index contributed by atoms with van der Waals surface area (Å²) in [6, 6.07) is 5.30. The number of ether oxygens (including phenoxy) is 2. The van der Waals surface area contributed by atoms with Crippen LogP contribution >= 0.6 is 0 Å². The van der Waals surface area contributed by atoms with Crippen molar-refractivity contribution in [1.29, 1.82) is 0 Å². The fourth-order valence-corrected chi connectivity index (χ4v) is 2.84. The van der Waals surface area contributed by atoms with Crippen LogP contribution in [0.3, 0.4) is 0 Å². The van der Waals surface area contributed by atoms with Crippen LogP contribution in [0.1, 0.15) is 38.5 Å². The van der Waals surface area contributed by atoms with Gasteiger partial charge in [0.15, 0.2) is 0 Å². The van der Waals surface area contributed by atoms with Crippen molar-refractivity contribution in [2.24, 2.45) is 5.73 Å². The van der Waals surface area contributed by atoms with E-state index in [1.54, 1.807) is 32.4 Å². The van der Waals surface area contributed by atoms with Gasteiger partial charge in [-0.2, -0.15) is 0 Å². The molecule has 0 radical (unpaired) electrons. The summed E-state index contributed by atoms with van der Waals surface area (Å²) in [5.41, 5.74) is 6.62. The molecule has 1 aromatic rings. The van der Waals surface area contributed by atoms with Gasteiger partial charge in [0, 0.05) is 35.8 Å². The van der Waals surface area contributed by atoms with Gasteiger partial charge >= 0.3 is 0 Å². The predicted molar refractivity (Wildman–Crippen MR) is 82.8 cm³/mol. The molecule has 21 heavy (non-hydrogen) atoms. The summed E-state index contributed by atoms with van der Waals surface area (Å²) in [5.74, 6) is 1.23. The Hall–Kier alpha value is -1.75. The van der Waals surface area contributed by atoms with Gasteiger partial charge in [0.05, 0.1) is 14.2 Å². The Labute approximate surface area is 125 Å². The van der Waals surface area contributed by atoms with Gasteiger partial charge in [0.1, 0.15) is 11.5 Å². The van der Waals surface area contributed by atoms with Crippen molar-refractivity contribution in [2.45, 2.75) is 44.1 Å². The van der Waals surface area contributed by atoms with Crippen LogP contribution in [0, 0.1) is 0 Å². The first kappa shape index (κ1) is 15.6.